The van der Waals surface area contributed by atoms with Crippen molar-refractivity contribution in [2.24, 2.45) is 5.92 Å². The number of fused-ring (bicyclic) bond motifs is 1. The third kappa shape index (κ3) is 2.51. The van der Waals surface area contributed by atoms with Crippen molar-refractivity contribution < 1.29 is 4.79 Å². The highest BCUT2D eigenvalue weighted by Crippen LogP contribution is 2.36. The van der Waals surface area contributed by atoms with Crippen LogP contribution in [0.4, 0.5) is 0 Å². The summed E-state index contributed by atoms with van der Waals surface area (Å²) in [6.07, 6.45) is 6.40. The summed E-state index contributed by atoms with van der Waals surface area (Å²) in [6.45, 7) is 4.06. The van der Waals surface area contributed by atoms with Gasteiger partial charge < -0.3 is 5.32 Å². The number of hydrogen-bond acceptors (Lipinski definition) is 2. The van der Waals surface area contributed by atoms with Crippen molar-refractivity contribution in [2.45, 2.75) is 39.2 Å². The Hall–Kier alpha value is -0.900. The molecule has 0 aliphatic heterocycles. The molecule has 92 valence electrons. The van der Waals surface area contributed by atoms with Gasteiger partial charge in [0.05, 0.1) is 6.04 Å². The van der Waals surface area contributed by atoms with E-state index in [1.807, 2.05) is 19.3 Å². The van der Waals surface area contributed by atoms with Gasteiger partial charge in [0.1, 0.15) is 0 Å². The van der Waals surface area contributed by atoms with Crippen LogP contribution in [0, 0.1) is 5.92 Å². The van der Waals surface area contributed by atoms with Gasteiger partial charge in [-0.25, -0.2) is 0 Å². The number of halogens is 1. The predicted octanol–water partition coefficient (Wildman–Crippen LogP) is 2.99. The number of hydrogen-bond donors (Lipinski definition) is 1. The minimum absolute atomic E-state index is 0.106. The van der Waals surface area contributed by atoms with Crippen molar-refractivity contribution in [1.82, 2.24) is 10.3 Å². The molecule has 0 spiro atoms. The van der Waals surface area contributed by atoms with Crippen molar-refractivity contribution in [1.29, 1.82) is 0 Å². The van der Waals surface area contributed by atoms with Crippen LogP contribution in [0.3, 0.4) is 0 Å². The zero-order valence-electron chi connectivity index (χ0n) is 10.2. The Morgan fingerprint density at radius 3 is 3.06 bits per heavy atom. The molecule has 0 radical (unpaired) electrons. The summed E-state index contributed by atoms with van der Waals surface area (Å²) in [7, 11) is 0. The zero-order valence-corrected chi connectivity index (χ0v) is 11.8. The number of aromatic nitrogens is 1. The van der Waals surface area contributed by atoms with Crippen molar-refractivity contribution in [2.75, 3.05) is 0 Å². The highest BCUT2D eigenvalue weighted by molar-refractivity contribution is 9.10. The zero-order chi connectivity index (χ0) is 12.4. The lowest BCUT2D eigenvalue weighted by Crippen LogP contribution is -2.35. The second-order valence-corrected chi connectivity index (χ2v) is 5.46. The summed E-state index contributed by atoms with van der Waals surface area (Å²) >= 11 is 3.54. The summed E-state index contributed by atoms with van der Waals surface area (Å²) in [6, 6.07) is 0.108. The molecule has 2 atom stereocenters. The summed E-state index contributed by atoms with van der Waals surface area (Å²) in [5.74, 6) is 0.573. The molecule has 0 bridgehead atoms. The molecule has 3 nitrogen and oxygen atoms in total. The first-order valence-electron chi connectivity index (χ1n) is 6.05. The van der Waals surface area contributed by atoms with Gasteiger partial charge in [0.2, 0.25) is 5.91 Å². The molecule has 4 heteroatoms. The van der Waals surface area contributed by atoms with Crippen molar-refractivity contribution >= 4 is 21.8 Å². The standard InChI is InChI=1S/C13H17BrN2O/c1-3-12(17)16-13-8(2)4-5-9-10(13)6-15-7-11(9)14/h6-8,13H,3-5H2,1-2H3,(H,16,17)/t8?,13-/m0/s1. The molecular weight excluding hydrogens is 280 g/mol. The molecule has 2 rings (SSSR count). The monoisotopic (exact) mass is 296 g/mol. The largest absolute Gasteiger partial charge is 0.349 e. The first-order valence-corrected chi connectivity index (χ1v) is 6.84. The van der Waals surface area contributed by atoms with Crippen molar-refractivity contribution in [3.05, 3.63) is 28.0 Å². The summed E-state index contributed by atoms with van der Waals surface area (Å²) < 4.78 is 1.05. The van der Waals surface area contributed by atoms with Crippen LogP contribution in [0.1, 0.15) is 43.9 Å². The highest BCUT2D eigenvalue weighted by atomic mass is 79.9. The highest BCUT2D eigenvalue weighted by Gasteiger charge is 2.28. The van der Waals surface area contributed by atoms with E-state index in [-0.39, 0.29) is 11.9 Å². The van der Waals surface area contributed by atoms with Gasteiger partial charge in [0.15, 0.2) is 0 Å². The van der Waals surface area contributed by atoms with E-state index in [0.717, 1.165) is 17.3 Å². The van der Waals surface area contributed by atoms with Crippen LogP contribution >= 0.6 is 15.9 Å². The molecule has 0 saturated carbocycles. The van der Waals surface area contributed by atoms with Crippen LogP contribution in [-0.4, -0.2) is 10.9 Å². The van der Waals surface area contributed by atoms with E-state index in [9.17, 15) is 4.79 Å². The fraction of sp³-hybridized carbons (Fsp3) is 0.538. The number of amides is 1. The van der Waals surface area contributed by atoms with Gasteiger partial charge in [0.25, 0.3) is 0 Å². The molecule has 0 fully saturated rings. The van der Waals surface area contributed by atoms with E-state index >= 15 is 0 Å². The van der Waals surface area contributed by atoms with Gasteiger partial charge in [-0.15, -0.1) is 0 Å². The Morgan fingerprint density at radius 2 is 2.35 bits per heavy atom. The number of rotatable bonds is 2. The average molecular weight is 297 g/mol. The maximum absolute atomic E-state index is 11.6. The van der Waals surface area contributed by atoms with Crippen molar-refractivity contribution in [3.63, 3.8) is 0 Å². The topological polar surface area (TPSA) is 42.0 Å². The van der Waals surface area contributed by atoms with Crippen LogP contribution in [-0.2, 0) is 11.2 Å². The van der Waals surface area contributed by atoms with Crippen LogP contribution in [0.2, 0.25) is 0 Å². The van der Waals surface area contributed by atoms with E-state index in [2.05, 4.69) is 33.2 Å². The molecule has 17 heavy (non-hydrogen) atoms. The minimum Gasteiger partial charge on any atom is -0.349 e. The molecule has 1 aliphatic carbocycles. The molecule has 1 amide bonds. The lowest BCUT2D eigenvalue weighted by atomic mass is 9.81. The fourth-order valence-corrected chi connectivity index (χ4v) is 2.89. The van der Waals surface area contributed by atoms with Crippen LogP contribution in [0.25, 0.3) is 0 Å². The van der Waals surface area contributed by atoms with Crippen LogP contribution < -0.4 is 5.32 Å². The van der Waals surface area contributed by atoms with Gasteiger partial charge in [-0.05, 0) is 45.8 Å². The predicted molar refractivity (Wildman–Crippen MR) is 70.6 cm³/mol. The van der Waals surface area contributed by atoms with E-state index < -0.39 is 0 Å². The molecule has 0 saturated heterocycles. The number of carbonyl (C=O) groups is 1. The summed E-state index contributed by atoms with van der Waals surface area (Å²) in [5, 5.41) is 3.10. The Morgan fingerprint density at radius 1 is 1.59 bits per heavy atom. The third-order valence-corrected chi connectivity index (χ3v) is 4.11. The molecule has 1 aliphatic rings. The Labute approximate surface area is 110 Å². The quantitative estimate of drug-likeness (QED) is 0.912. The first-order chi connectivity index (χ1) is 8.13. The smallest absolute Gasteiger partial charge is 0.220 e. The molecular formula is C13H17BrN2O. The molecule has 1 unspecified atom stereocenters. The maximum Gasteiger partial charge on any atom is 0.220 e. The first kappa shape index (κ1) is 12.6. The summed E-state index contributed by atoms with van der Waals surface area (Å²) in [5.41, 5.74) is 2.46. The van der Waals surface area contributed by atoms with E-state index in [4.69, 9.17) is 0 Å². The van der Waals surface area contributed by atoms with E-state index in [0.29, 0.717) is 12.3 Å². The van der Waals surface area contributed by atoms with Gasteiger partial charge in [-0.2, -0.15) is 0 Å². The second kappa shape index (κ2) is 5.17. The van der Waals surface area contributed by atoms with Gasteiger partial charge in [-0.1, -0.05) is 13.8 Å². The normalized spacial score (nSPS) is 23.0. The number of nitrogens with one attached hydrogen (secondary N) is 1. The Kier molecular flexibility index (Phi) is 3.82. The lowest BCUT2D eigenvalue weighted by molar-refractivity contribution is -0.121. The van der Waals surface area contributed by atoms with Crippen LogP contribution in [0.15, 0.2) is 16.9 Å². The lowest BCUT2D eigenvalue weighted by Gasteiger charge is -2.32. The molecule has 1 aromatic rings. The molecule has 1 heterocycles. The average Bonchev–Trinajstić information content (AvgIpc) is 2.33. The van der Waals surface area contributed by atoms with Gasteiger partial charge in [-0.3, -0.25) is 9.78 Å². The van der Waals surface area contributed by atoms with E-state index in [1.54, 1.807) is 0 Å². The molecule has 1 N–H and O–H groups in total. The fourth-order valence-electron chi connectivity index (χ4n) is 2.35. The third-order valence-electron chi connectivity index (χ3n) is 3.43. The minimum atomic E-state index is 0.106. The Balaban J connectivity index is 2.33. The summed E-state index contributed by atoms with van der Waals surface area (Å²) in [4.78, 5) is 15.8. The van der Waals surface area contributed by atoms with E-state index in [1.165, 1.54) is 11.1 Å². The number of pyridine rings is 1. The number of carbonyl (C=O) groups excluding carboxylic acids is 1. The Bertz CT molecular complexity index is 433. The van der Waals surface area contributed by atoms with Crippen LogP contribution in [0.5, 0.6) is 0 Å². The second-order valence-electron chi connectivity index (χ2n) is 4.60. The van der Waals surface area contributed by atoms with Gasteiger partial charge >= 0.3 is 0 Å². The maximum atomic E-state index is 11.6. The van der Waals surface area contributed by atoms with Crippen molar-refractivity contribution in [3.8, 4) is 0 Å². The molecule has 1 aromatic heterocycles. The molecule has 0 aromatic carbocycles. The number of nitrogens with zero attached hydrogens (tertiary/aromatic N) is 1. The van der Waals surface area contributed by atoms with Gasteiger partial charge in [0, 0.05) is 23.3 Å². The SMILES string of the molecule is CCC(=O)N[C@@H]1c2cncc(Br)c2CCC1C.